The fraction of sp³-hybridized carbons (Fsp3) is 0.435. The third-order valence-electron chi connectivity index (χ3n) is 5.78. The van der Waals surface area contributed by atoms with Crippen LogP contribution in [0.15, 0.2) is 36.7 Å². The van der Waals surface area contributed by atoms with E-state index < -0.39 is 5.91 Å². The smallest absolute Gasteiger partial charge is 0.276 e. The highest BCUT2D eigenvalue weighted by Crippen LogP contribution is 2.30. The van der Waals surface area contributed by atoms with E-state index in [0.717, 1.165) is 36.2 Å². The Kier molecular flexibility index (Phi) is 6.08. The van der Waals surface area contributed by atoms with E-state index in [0.29, 0.717) is 19.1 Å². The van der Waals surface area contributed by atoms with Crippen molar-refractivity contribution in [1.29, 1.82) is 0 Å². The van der Waals surface area contributed by atoms with Gasteiger partial charge in [0.1, 0.15) is 0 Å². The summed E-state index contributed by atoms with van der Waals surface area (Å²) in [4.78, 5) is 13.0. The van der Waals surface area contributed by atoms with Crippen molar-refractivity contribution in [2.75, 3.05) is 13.7 Å². The minimum absolute atomic E-state index is 0.0167. The van der Waals surface area contributed by atoms with E-state index in [2.05, 4.69) is 29.4 Å². The lowest BCUT2D eigenvalue weighted by molar-refractivity contribution is 0.0922. The van der Waals surface area contributed by atoms with Crippen molar-refractivity contribution in [3.05, 3.63) is 59.2 Å². The minimum atomic E-state index is -0.396. The number of methoxy groups -OCH3 is 1. The summed E-state index contributed by atoms with van der Waals surface area (Å²) in [5.41, 5.74) is 4.18. The van der Waals surface area contributed by atoms with Crippen LogP contribution in [0.4, 0.5) is 0 Å². The molecular formula is C23H29N5O3. The van der Waals surface area contributed by atoms with E-state index in [1.165, 1.54) is 16.4 Å². The molecule has 0 bridgehead atoms. The maximum atomic E-state index is 13.0. The Bertz CT molecular complexity index is 1050. The molecule has 3 aromatic rings. The van der Waals surface area contributed by atoms with Crippen molar-refractivity contribution < 1.29 is 14.6 Å². The van der Waals surface area contributed by atoms with Crippen LogP contribution in [0.5, 0.6) is 5.75 Å². The number of rotatable bonds is 7. The van der Waals surface area contributed by atoms with Crippen LogP contribution >= 0.6 is 0 Å². The van der Waals surface area contributed by atoms with Gasteiger partial charge in [-0.2, -0.15) is 10.2 Å². The van der Waals surface area contributed by atoms with Gasteiger partial charge in [-0.05, 0) is 48.4 Å². The standard InChI is InChI=1S/C23H29N5O3/c1-15(2)16-7-9-18(10-8-16)28-14-20(29)21(26-28)23(30)25-19-6-4-5-17-13-24-27(22(17)19)11-12-31-3/h7-10,13-15,19,29H,4-6,11-12H2,1-3H3,(H,25,30). The number of carbonyl (C=O) groups is 1. The third-order valence-corrected chi connectivity index (χ3v) is 5.78. The molecule has 0 saturated carbocycles. The van der Waals surface area contributed by atoms with Gasteiger partial charge in [0.2, 0.25) is 0 Å². The number of benzene rings is 1. The van der Waals surface area contributed by atoms with Crippen molar-refractivity contribution in [2.45, 2.75) is 51.6 Å². The molecule has 1 unspecified atom stereocenters. The first-order chi connectivity index (χ1) is 15.0. The number of nitrogens with zero attached hydrogens (tertiary/aromatic N) is 4. The van der Waals surface area contributed by atoms with Crippen LogP contribution in [0.3, 0.4) is 0 Å². The second-order valence-corrected chi connectivity index (χ2v) is 8.24. The number of fused-ring (bicyclic) bond motifs is 1. The van der Waals surface area contributed by atoms with Crippen molar-refractivity contribution in [2.24, 2.45) is 0 Å². The zero-order valence-corrected chi connectivity index (χ0v) is 18.2. The van der Waals surface area contributed by atoms with E-state index >= 15 is 0 Å². The fourth-order valence-electron chi connectivity index (χ4n) is 4.06. The monoisotopic (exact) mass is 423 g/mol. The molecule has 2 aromatic heterocycles. The number of ether oxygens (including phenoxy) is 1. The average molecular weight is 424 g/mol. The third kappa shape index (κ3) is 4.34. The van der Waals surface area contributed by atoms with Gasteiger partial charge in [0.15, 0.2) is 11.4 Å². The molecule has 164 valence electrons. The molecule has 1 aliphatic carbocycles. The Morgan fingerprint density at radius 1 is 1.32 bits per heavy atom. The Hall–Kier alpha value is -3.13. The van der Waals surface area contributed by atoms with Crippen molar-refractivity contribution in [3.63, 3.8) is 0 Å². The molecule has 2 N–H and O–H groups in total. The summed E-state index contributed by atoms with van der Waals surface area (Å²) in [6, 6.07) is 7.76. The van der Waals surface area contributed by atoms with Crippen LogP contribution in [0.1, 0.15) is 66.0 Å². The number of aromatic nitrogens is 4. The largest absolute Gasteiger partial charge is 0.504 e. The van der Waals surface area contributed by atoms with Crippen LogP contribution < -0.4 is 5.32 Å². The Morgan fingerprint density at radius 2 is 2.10 bits per heavy atom. The molecule has 0 aliphatic heterocycles. The molecule has 2 heterocycles. The summed E-state index contributed by atoms with van der Waals surface area (Å²) in [7, 11) is 1.66. The lowest BCUT2D eigenvalue weighted by Gasteiger charge is -2.25. The normalized spacial score (nSPS) is 15.8. The molecule has 0 saturated heterocycles. The molecule has 8 heteroatoms. The molecule has 1 atom stereocenters. The number of nitrogens with one attached hydrogen (secondary N) is 1. The lowest BCUT2D eigenvalue weighted by atomic mass is 9.93. The molecule has 1 aliphatic rings. The van der Waals surface area contributed by atoms with Gasteiger partial charge in [0.05, 0.1) is 43.0 Å². The number of aromatic hydroxyl groups is 1. The van der Waals surface area contributed by atoms with Crippen LogP contribution in [0.2, 0.25) is 0 Å². The maximum absolute atomic E-state index is 13.0. The maximum Gasteiger partial charge on any atom is 0.276 e. The van der Waals surface area contributed by atoms with E-state index in [-0.39, 0.29) is 17.5 Å². The zero-order chi connectivity index (χ0) is 22.0. The quantitative estimate of drug-likeness (QED) is 0.608. The Labute approximate surface area is 181 Å². The minimum Gasteiger partial charge on any atom is -0.504 e. The predicted molar refractivity (Wildman–Crippen MR) is 117 cm³/mol. The van der Waals surface area contributed by atoms with Crippen molar-refractivity contribution in [1.82, 2.24) is 24.9 Å². The molecule has 4 rings (SSSR count). The molecule has 0 radical (unpaired) electrons. The van der Waals surface area contributed by atoms with Crippen LogP contribution in [-0.4, -0.2) is 44.3 Å². The van der Waals surface area contributed by atoms with Gasteiger partial charge in [-0.15, -0.1) is 0 Å². The zero-order valence-electron chi connectivity index (χ0n) is 18.2. The van der Waals surface area contributed by atoms with Crippen LogP contribution in [0.25, 0.3) is 5.69 Å². The second kappa shape index (κ2) is 8.93. The summed E-state index contributed by atoms with van der Waals surface area (Å²) in [6.45, 7) is 5.45. The topological polar surface area (TPSA) is 94.2 Å². The van der Waals surface area contributed by atoms with Gasteiger partial charge in [-0.1, -0.05) is 26.0 Å². The highest BCUT2D eigenvalue weighted by atomic mass is 16.5. The van der Waals surface area contributed by atoms with Gasteiger partial charge in [-0.3, -0.25) is 9.48 Å². The van der Waals surface area contributed by atoms with Crippen molar-refractivity contribution >= 4 is 5.91 Å². The molecule has 0 fully saturated rings. The van der Waals surface area contributed by atoms with Crippen LogP contribution in [0, 0.1) is 0 Å². The Balaban J connectivity index is 1.53. The van der Waals surface area contributed by atoms with E-state index in [1.54, 1.807) is 7.11 Å². The first kappa shape index (κ1) is 21.1. The Morgan fingerprint density at radius 3 is 2.81 bits per heavy atom. The van der Waals surface area contributed by atoms with Gasteiger partial charge in [0.25, 0.3) is 5.91 Å². The molecule has 31 heavy (non-hydrogen) atoms. The van der Waals surface area contributed by atoms with E-state index in [4.69, 9.17) is 4.74 Å². The summed E-state index contributed by atoms with van der Waals surface area (Å²) in [6.07, 6.45) is 6.07. The highest BCUT2D eigenvalue weighted by Gasteiger charge is 2.28. The van der Waals surface area contributed by atoms with E-state index in [1.807, 2.05) is 35.1 Å². The molecule has 1 aromatic carbocycles. The number of hydrogen-bond donors (Lipinski definition) is 2. The van der Waals surface area contributed by atoms with Gasteiger partial charge in [0, 0.05) is 7.11 Å². The molecule has 0 spiro atoms. The second-order valence-electron chi connectivity index (χ2n) is 8.24. The number of amides is 1. The highest BCUT2D eigenvalue weighted by molar-refractivity contribution is 5.95. The summed E-state index contributed by atoms with van der Waals surface area (Å²) in [5.74, 6) is -0.110. The summed E-state index contributed by atoms with van der Waals surface area (Å²) >= 11 is 0. The van der Waals surface area contributed by atoms with Gasteiger partial charge >= 0.3 is 0 Å². The summed E-state index contributed by atoms with van der Waals surface area (Å²) in [5, 5.41) is 22.2. The predicted octanol–water partition coefficient (Wildman–Crippen LogP) is 3.35. The van der Waals surface area contributed by atoms with Crippen LogP contribution in [-0.2, 0) is 17.7 Å². The number of hydrogen-bond acceptors (Lipinski definition) is 5. The average Bonchev–Trinajstić information content (AvgIpc) is 3.36. The molecule has 8 nitrogen and oxygen atoms in total. The summed E-state index contributed by atoms with van der Waals surface area (Å²) < 4.78 is 8.61. The SMILES string of the molecule is COCCn1ncc2c1C(NC(=O)c1nn(-c3ccc(C(C)C)cc3)cc1O)CCC2. The molecule has 1 amide bonds. The lowest BCUT2D eigenvalue weighted by Crippen LogP contribution is -2.33. The number of aryl methyl sites for hydroxylation is 1. The molecular weight excluding hydrogens is 394 g/mol. The first-order valence-electron chi connectivity index (χ1n) is 10.7. The first-order valence-corrected chi connectivity index (χ1v) is 10.7. The van der Waals surface area contributed by atoms with Gasteiger partial charge in [-0.25, -0.2) is 4.68 Å². The van der Waals surface area contributed by atoms with Crippen molar-refractivity contribution in [3.8, 4) is 11.4 Å². The fourth-order valence-corrected chi connectivity index (χ4v) is 4.06. The number of carbonyl (C=O) groups excluding carboxylic acids is 1. The van der Waals surface area contributed by atoms with Gasteiger partial charge < -0.3 is 15.2 Å². The van der Waals surface area contributed by atoms with E-state index in [9.17, 15) is 9.90 Å².